The van der Waals surface area contributed by atoms with Gasteiger partial charge in [0.15, 0.2) is 0 Å². The predicted octanol–water partition coefficient (Wildman–Crippen LogP) is 0.453. The summed E-state index contributed by atoms with van der Waals surface area (Å²) < 4.78 is 6.49. The fourth-order valence-electron chi connectivity index (χ4n) is 4.03. The van der Waals surface area contributed by atoms with Gasteiger partial charge in [0.05, 0.1) is 0 Å². The largest absolute Gasteiger partial charge is 0.480 e. The topological polar surface area (TPSA) is 206 Å². The maximum Gasteiger partial charge on any atom is 0.413 e. The molecule has 2 aliphatic rings. The van der Waals surface area contributed by atoms with Gasteiger partial charge >= 0.3 is 18.0 Å². The fraction of sp³-hybridized carbons (Fsp3) is 0.391. The van der Waals surface area contributed by atoms with E-state index in [1.807, 2.05) is 0 Å². The number of aliphatic carboxylic acids is 2. The van der Waals surface area contributed by atoms with Crippen molar-refractivity contribution in [1.82, 2.24) is 35.7 Å². The van der Waals surface area contributed by atoms with E-state index in [4.69, 9.17) is 4.74 Å². The number of benzene rings is 1. The van der Waals surface area contributed by atoms with E-state index in [2.05, 4.69) is 26.2 Å². The van der Waals surface area contributed by atoms with Gasteiger partial charge in [0.25, 0.3) is 5.91 Å². The van der Waals surface area contributed by atoms with E-state index in [1.54, 1.807) is 37.4 Å². The Morgan fingerprint density at radius 1 is 1.23 bits per heavy atom. The number of amides is 3. The Labute approximate surface area is 235 Å². The van der Waals surface area contributed by atoms with E-state index in [-0.39, 0.29) is 36.5 Å². The van der Waals surface area contributed by atoms with Crippen molar-refractivity contribution in [3.8, 4) is 5.75 Å². The van der Waals surface area contributed by atoms with Crippen LogP contribution in [0.15, 0.2) is 46.8 Å². The number of nitrogens with one attached hydrogen (secondary N) is 2. The molecule has 1 aromatic heterocycles. The van der Waals surface area contributed by atoms with Crippen LogP contribution in [-0.2, 0) is 26.2 Å². The zero-order chi connectivity index (χ0) is 28.8. The lowest BCUT2D eigenvalue weighted by molar-refractivity contribution is -0.150. The SMILES string of the molecule is Cn1nnnc1SCC1=C(C(=O)O)N2C(=O)[C@@H](NC(=O)CCC[C@@H](NC(=O)Oc3ccccc3)C(=O)O)[C@H]2SC1. The summed E-state index contributed by atoms with van der Waals surface area (Å²) in [6.45, 7) is 0. The van der Waals surface area contributed by atoms with Crippen molar-refractivity contribution in [2.24, 2.45) is 7.05 Å². The highest BCUT2D eigenvalue weighted by Gasteiger charge is 2.54. The number of rotatable bonds is 12. The van der Waals surface area contributed by atoms with Gasteiger partial charge in [0, 0.05) is 25.0 Å². The smallest absolute Gasteiger partial charge is 0.413 e. The number of carboxylic acids is 2. The van der Waals surface area contributed by atoms with Crippen LogP contribution in [0.3, 0.4) is 0 Å². The number of tetrazole rings is 1. The second-order valence-corrected chi connectivity index (χ2v) is 10.8. The average Bonchev–Trinajstić information content (AvgIpc) is 3.34. The third-order valence-electron chi connectivity index (χ3n) is 5.96. The lowest BCUT2D eigenvalue weighted by atomic mass is 10.0. The van der Waals surface area contributed by atoms with Crippen LogP contribution in [0.25, 0.3) is 0 Å². The van der Waals surface area contributed by atoms with Crippen LogP contribution in [0, 0.1) is 0 Å². The molecule has 1 aromatic carbocycles. The molecule has 2 aromatic rings. The van der Waals surface area contributed by atoms with Crippen LogP contribution in [0.4, 0.5) is 4.79 Å². The molecule has 0 unspecified atom stereocenters. The molecule has 0 saturated carbocycles. The summed E-state index contributed by atoms with van der Waals surface area (Å²) in [6.07, 6.45) is -0.986. The quantitative estimate of drug-likeness (QED) is 0.196. The first-order valence-corrected chi connectivity index (χ1v) is 14.0. The minimum Gasteiger partial charge on any atom is -0.480 e. The second kappa shape index (κ2) is 12.8. The molecular weight excluding hydrogens is 566 g/mol. The summed E-state index contributed by atoms with van der Waals surface area (Å²) in [4.78, 5) is 62.1. The second-order valence-electron chi connectivity index (χ2n) is 8.72. The molecule has 4 N–H and O–H groups in total. The molecule has 3 amide bonds. The summed E-state index contributed by atoms with van der Waals surface area (Å²) in [5.41, 5.74) is 0.428. The van der Waals surface area contributed by atoms with E-state index < -0.39 is 47.3 Å². The van der Waals surface area contributed by atoms with Crippen LogP contribution in [0.1, 0.15) is 19.3 Å². The Kier molecular flexibility index (Phi) is 9.26. The number of aromatic nitrogens is 4. The number of thioether (sulfide) groups is 2. The number of aryl methyl sites for hydroxylation is 1. The van der Waals surface area contributed by atoms with Crippen molar-refractivity contribution in [3.63, 3.8) is 0 Å². The number of fused-ring (bicyclic) bond motifs is 1. The third kappa shape index (κ3) is 6.71. The Balaban J connectivity index is 1.27. The Morgan fingerprint density at radius 2 is 1.98 bits per heavy atom. The number of nitrogens with zero attached hydrogens (tertiary/aromatic N) is 5. The Bertz CT molecular complexity index is 1340. The Morgan fingerprint density at radius 3 is 2.62 bits per heavy atom. The van der Waals surface area contributed by atoms with Crippen molar-refractivity contribution in [2.45, 2.75) is 41.9 Å². The zero-order valence-electron chi connectivity index (χ0n) is 21.1. The number of carboxylic acid groups (broad SMARTS) is 2. The molecule has 40 heavy (non-hydrogen) atoms. The number of carbonyl (C=O) groups excluding carboxylic acids is 3. The molecule has 0 radical (unpaired) electrons. The first-order chi connectivity index (χ1) is 19.2. The van der Waals surface area contributed by atoms with Crippen molar-refractivity contribution in [3.05, 3.63) is 41.6 Å². The van der Waals surface area contributed by atoms with Crippen LogP contribution in [-0.4, -0.2) is 94.1 Å². The van der Waals surface area contributed by atoms with Crippen LogP contribution in [0.5, 0.6) is 5.75 Å². The minimum atomic E-state index is -1.29. The molecule has 3 heterocycles. The number of ether oxygens (including phenoxy) is 1. The molecule has 4 rings (SSSR count). The monoisotopic (exact) mass is 591 g/mol. The van der Waals surface area contributed by atoms with Gasteiger partial charge in [-0.1, -0.05) is 30.0 Å². The van der Waals surface area contributed by atoms with E-state index in [0.717, 1.165) is 0 Å². The van der Waals surface area contributed by atoms with Gasteiger partial charge in [0.2, 0.25) is 11.1 Å². The maximum absolute atomic E-state index is 12.8. The lowest BCUT2D eigenvalue weighted by Crippen LogP contribution is -2.70. The Hall–Kier alpha value is -4.12. The normalized spacial score (nSPS) is 18.8. The third-order valence-corrected chi connectivity index (χ3v) is 8.40. The van der Waals surface area contributed by atoms with Crippen molar-refractivity contribution in [1.29, 1.82) is 0 Å². The first-order valence-electron chi connectivity index (χ1n) is 12.0. The molecule has 0 spiro atoms. The molecule has 0 aliphatic carbocycles. The molecule has 1 saturated heterocycles. The highest BCUT2D eigenvalue weighted by molar-refractivity contribution is 8.01. The van der Waals surface area contributed by atoms with Crippen LogP contribution >= 0.6 is 23.5 Å². The summed E-state index contributed by atoms with van der Waals surface area (Å²) in [6, 6.07) is 5.94. The van der Waals surface area contributed by atoms with Gasteiger partial charge in [-0.05, 0) is 41.0 Å². The fourth-order valence-corrected chi connectivity index (χ4v) is 6.36. The summed E-state index contributed by atoms with van der Waals surface area (Å²) >= 11 is 2.58. The molecule has 212 valence electrons. The summed E-state index contributed by atoms with van der Waals surface area (Å²) in [5, 5.41) is 35.1. The van der Waals surface area contributed by atoms with Crippen molar-refractivity contribution >= 4 is 53.4 Å². The summed E-state index contributed by atoms with van der Waals surface area (Å²) in [7, 11) is 1.66. The van der Waals surface area contributed by atoms with Crippen molar-refractivity contribution in [2.75, 3.05) is 11.5 Å². The van der Waals surface area contributed by atoms with Crippen LogP contribution < -0.4 is 15.4 Å². The van der Waals surface area contributed by atoms with E-state index >= 15 is 0 Å². The molecule has 17 heteroatoms. The highest BCUT2D eigenvalue weighted by atomic mass is 32.2. The number of hydrogen-bond donors (Lipinski definition) is 4. The van der Waals surface area contributed by atoms with E-state index in [0.29, 0.717) is 16.5 Å². The van der Waals surface area contributed by atoms with E-state index in [1.165, 1.54) is 33.1 Å². The molecule has 2 aliphatic heterocycles. The van der Waals surface area contributed by atoms with Gasteiger partial charge in [-0.3, -0.25) is 14.5 Å². The highest BCUT2D eigenvalue weighted by Crippen LogP contribution is 2.41. The first kappa shape index (κ1) is 28.9. The minimum absolute atomic E-state index is 0.0521. The molecule has 1 fully saturated rings. The molecule has 15 nitrogen and oxygen atoms in total. The standard InChI is InChI=1S/C23H25N7O8S2/c1-29-22(26-27-28-29)40-11-12-10-39-19-16(18(32)30(19)17(12)21(35)36)25-15(31)9-5-8-14(20(33)34)24-23(37)38-13-6-3-2-4-7-13/h2-4,6-7,14,16,19H,5,8-11H2,1H3,(H,24,37)(H,25,31)(H,33,34)(H,35,36)/t14-,16-,19-/m1/s1. The zero-order valence-corrected chi connectivity index (χ0v) is 22.7. The summed E-state index contributed by atoms with van der Waals surface area (Å²) in [5.74, 6) is -2.71. The molecular formula is C23H25N7O8S2. The van der Waals surface area contributed by atoms with Gasteiger partial charge in [-0.25, -0.2) is 19.1 Å². The van der Waals surface area contributed by atoms with Crippen LogP contribution in [0.2, 0.25) is 0 Å². The van der Waals surface area contributed by atoms with Gasteiger partial charge in [-0.2, -0.15) is 0 Å². The van der Waals surface area contributed by atoms with Gasteiger partial charge < -0.3 is 25.6 Å². The maximum atomic E-state index is 12.8. The molecule has 3 atom stereocenters. The lowest BCUT2D eigenvalue weighted by Gasteiger charge is -2.49. The number of hydrogen-bond acceptors (Lipinski definition) is 11. The number of β-lactam (4-membered cyclic amide) rings is 1. The van der Waals surface area contributed by atoms with E-state index in [9.17, 15) is 34.2 Å². The average molecular weight is 592 g/mol. The predicted molar refractivity (Wildman–Crippen MR) is 140 cm³/mol. The van der Waals surface area contributed by atoms with Gasteiger partial charge in [-0.15, -0.1) is 16.9 Å². The number of carbonyl (C=O) groups is 5. The number of para-hydroxylation sites is 1. The molecule has 0 bridgehead atoms. The van der Waals surface area contributed by atoms with Crippen molar-refractivity contribution < 1.29 is 38.9 Å². The van der Waals surface area contributed by atoms with Gasteiger partial charge in [0.1, 0.15) is 28.9 Å².